The van der Waals surface area contributed by atoms with Gasteiger partial charge in [0.1, 0.15) is 5.75 Å². The fraction of sp³-hybridized carbons (Fsp3) is 0.217. The van der Waals surface area contributed by atoms with Crippen LogP contribution >= 0.6 is 11.6 Å². The third kappa shape index (κ3) is 5.38. The molecule has 1 aliphatic rings. The number of rotatable bonds is 6. The van der Waals surface area contributed by atoms with Gasteiger partial charge in [-0.05, 0) is 43.2 Å². The second kappa shape index (κ2) is 9.57. The molecule has 0 aliphatic carbocycles. The van der Waals surface area contributed by atoms with E-state index in [-0.39, 0.29) is 18.0 Å². The number of halogens is 1. The average molecular weight is 436 g/mol. The molecule has 0 saturated carbocycles. The lowest BCUT2D eigenvalue weighted by atomic mass is 10.0. The van der Waals surface area contributed by atoms with Crippen LogP contribution in [0.4, 0.5) is 5.69 Å². The van der Waals surface area contributed by atoms with Gasteiger partial charge < -0.3 is 15.0 Å². The predicted molar refractivity (Wildman–Crippen MR) is 120 cm³/mol. The van der Waals surface area contributed by atoms with Crippen molar-refractivity contribution in [2.75, 3.05) is 18.4 Å². The highest BCUT2D eigenvalue weighted by Gasteiger charge is 2.21. The molecule has 0 atom stereocenters. The summed E-state index contributed by atoms with van der Waals surface area (Å²) in [5.74, 6) is 0.568. The summed E-state index contributed by atoms with van der Waals surface area (Å²) in [4.78, 5) is 26.5. The first-order valence-corrected chi connectivity index (χ1v) is 10.4. The van der Waals surface area contributed by atoms with Crippen molar-refractivity contribution in [3.8, 4) is 22.9 Å². The first-order chi connectivity index (χ1) is 15.1. The lowest BCUT2D eigenvalue weighted by Crippen LogP contribution is -2.41. The van der Waals surface area contributed by atoms with Crippen molar-refractivity contribution in [2.24, 2.45) is 0 Å². The summed E-state index contributed by atoms with van der Waals surface area (Å²) in [7, 11) is 0. The van der Waals surface area contributed by atoms with E-state index in [9.17, 15) is 4.79 Å². The number of likely N-dealkylation sites (tertiary alicyclic amines) is 1. The van der Waals surface area contributed by atoms with Crippen LogP contribution in [0.1, 0.15) is 12.8 Å². The Morgan fingerprint density at radius 2 is 1.90 bits per heavy atom. The van der Waals surface area contributed by atoms with E-state index in [0.29, 0.717) is 10.8 Å². The van der Waals surface area contributed by atoms with Crippen molar-refractivity contribution in [2.45, 2.75) is 18.9 Å². The molecule has 2 aromatic heterocycles. The van der Waals surface area contributed by atoms with Gasteiger partial charge in [0.15, 0.2) is 0 Å². The van der Waals surface area contributed by atoms with E-state index in [2.05, 4.69) is 26.8 Å². The number of ether oxygens (including phenoxy) is 1. The second-order valence-corrected chi connectivity index (χ2v) is 7.66. The number of nitrogens with zero attached hydrogens (tertiary/aromatic N) is 4. The highest BCUT2D eigenvalue weighted by atomic mass is 35.5. The Kier molecular flexibility index (Phi) is 6.43. The van der Waals surface area contributed by atoms with E-state index in [0.717, 1.165) is 42.7 Å². The zero-order valence-corrected chi connectivity index (χ0v) is 17.6. The van der Waals surface area contributed by atoms with E-state index < -0.39 is 0 Å². The molecule has 158 valence electrons. The Hall–Kier alpha value is -3.45. The van der Waals surface area contributed by atoms with Crippen LogP contribution in [0.3, 0.4) is 0 Å². The number of hydrogen-bond donors (Lipinski definition) is 1. The number of hydrogen-bond acceptors (Lipinski definition) is 6. The van der Waals surface area contributed by atoms with Crippen LogP contribution in [-0.2, 0) is 4.79 Å². The summed E-state index contributed by atoms with van der Waals surface area (Å²) in [6, 6.07) is 9.62. The second-order valence-electron chi connectivity index (χ2n) is 7.22. The lowest BCUT2D eigenvalue weighted by Gasteiger charge is -2.32. The topological polar surface area (TPSA) is 80.2 Å². The van der Waals surface area contributed by atoms with Crippen LogP contribution in [-0.4, -0.2) is 44.9 Å². The first-order valence-electron chi connectivity index (χ1n) is 9.99. The highest BCUT2D eigenvalue weighted by molar-refractivity contribution is 6.30. The fourth-order valence-corrected chi connectivity index (χ4v) is 3.62. The Morgan fingerprint density at radius 1 is 1.13 bits per heavy atom. The molecular weight excluding hydrogens is 414 g/mol. The van der Waals surface area contributed by atoms with Crippen molar-refractivity contribution in [1.29, 1.82) is 0 Å². The predicted octanol–water partition coefficient (Wildman–Crippen LogP) is 4.57. The van der Waals surface area contributed by atoms with Gasteiger partial charge in [-0.2, -0.15) is 0 Å². The van der Waals surface area contributed by atoms with Crippen LogP contribution < -0.4 is 10.1 Å². The van der Waals surface area contributed by atoms with Crippen molar-refractivity contribution < 1.29 is 9.53 Å². The van der Waals surface area contributed by atoms with Gasteiger partial charge in [0.25, 0.3) is 0 Å². The number of anilines is 1. The van der Waals surface area contributed by atoms with Gasteiger partial charge >= 0.3 is 6.01 Å². The minimum atomic E-state index is -0.00935. The lowest BCUT2D eigenvalue weighted by molar-refractivity contribution is -0.126. The van der Waals surface area contributed by atoms with E-state index in [4.69, 9.17) is 16.3 Å². The molecule has 1 aliphatic heterocycles. The fourth-order valence-electron chi connectivity index (χ4n) is 3.44. The Bertz CT molecular complexity index is 1070. The molecule has 3 heterocycles. The van der Waals surface area contributed by atoms with Crippen molar-refractivity contribution >= 4 is 23.2 Å². The zero-order chi connectivity index (χ0) is 21.6. The summed E-state index contributed by atoms with van der Waals surface area (Å²) < 4.78 is 5.64. The minimum Gasteiger partial charge on any atom is -0.424 e. The minimum absolute atomic E-state index is 0.00935. The third-order valence-corrected chi connectivity index (χ3v) is 5.29. The van der Waals surface area contributed by atoms with Gasteiger partial charge in [-0.1, -0.05) is 24.2 Å². The van der Waals surface area contributed by atoms with Gasteiger partial charge in [-0.25, -0.2) is 9.97 Å². The largest absolute Gasteiger partial charge is 0.424 e. The number of aromatic nitrogens is 3. The van der Waals surface area contributed by atoms with Crippen LogP contribution in [0, 0.1) is 0 Å². The smallest absolute Gasteiger partial charge is 0.321 e. The van der Waals surface area contributed by atoms with E-state index in [1.807, 2.05) is 11.0 Å². The molecule has 0 unspecified atom stereocenters. The van der Waals surface area contributed by atoms with Crippen LogP contribution in [0.15, 0.2) is 67.8 Å². The summed E-state index contributed by atoms with van der Waals surface area (Å²) in [6.07, 6.45) is 10.1. The molecule has 1 saturated heterocycles. The van der Waals surface area contributed by atoms with E-state index in [1.165, 1.54) is 6.08 Å². The molecule has 0 radical (unpaired) electrons. The maximum atomic E-state index is 11.7. The normalized spacial score (nSPS) is 14.2. The maximum absolute atomic E-state index is 11.7. The Balaban J connectivity index is 1.39. The molecule has 0 spiro atoms. The van der Waals surface area contributed by atoms with Gasteiger partial charge in [-0.15, -0.1) is 0 Å². The van der Waals surface area contributed by atoms with E-state index in [1.54, 1.807) is 49.1 Å². The number of carbonyl (C=O) groups excluding carboxylic acids is 1. The third-order valence-electron chi connectivity index (χ3n) is 5.06. The average Bonchev–Trinajstić information content (AvgIpc) is 2.80. The van der Waals surface area contributed by atoms with Crippen molar-refractivity contribution in [3.63, 3.8) is 0 Å². The molecule has 1 aromatic carbocycles. The van der Waals surface area contributed by atoms with Gasteiger partial charge in [0, 0.05) is 60.1 Å². The van der Waals surface area contributed by atoms with Crippen LogP contribution in [0.25, 0.3) is 11.1 Å². The number of amides is 1. The van der Waals surface area contributed by atoms with E-state index >= 15 is 0 Å². The number of nitrogens with one attached hydrogen (secondary N) is 1. The maximum Gasteiger partial charge on any atom is 0.321 e. The molecule has 1 amide bonds. The summed E-state index contributed by atoms with van der Waals surface area (Å²) in [6.45, 7) is 4.99. The molecule has 8 heteroatoms. The summed E-state index contributed by atoms with van der Waals surface area (Å²) in [5, 5.41) is 4.10. The SMILES string of the molecule is C=CC(=O)N1CCC(Nc2cncc(-c3cnc(Oc4cccc(Cl)c4)nc3)c2)CC1. The van der Waals surface area contributed by atoms with Crippen LogP contribution in [0.5, 0.6) is 11.8 Å². The standard InChI is InChI=1S/C23H22ClN5O2/c1-2-22(30)29-8-6-19(7-9-29)28-20-10-16(12-25-15-20)17-13-26-23(27-14-17)31-21-5-3-4-18(24)11-21/h2-5,10-15,19,28H,1,6-9H2. The number of carbonyl (C=O) groups is 1. The van der Waals surface area contributed by atoms with Gasteiger partial charge in [-0.3, -0.25) is 9.78 Å². The summed E-state index contributed by atoms with van der Waals surface area (Å²) in [5.41, 5.74) is 2.66. The summed E-state index contributed by atoms with van der Waals surface area (Å²) >= 11 is 5.97. The van der Waals surface area contributed by atoms with Crippen molar-refractivity contribution in [1.82, 2.24) is 19.9 Å². The van der Waals surface area contributed by atoms with Gasteiger partial charge in [0.2, 0.25) is 5.91 Å². The van der Waals surface area contributed by atoms with Gasteiger partial charge in [0.05, 0.1) is 5.69 Å². The number of piperidine rings is 1. The molecule has 7 nitrogen and oxygen atoms in total. The first kappa shape index (κ1) is 20.8. The molecule has 1 fully saturated rings. The monoisotopic (exact) mass is 435 g/mol. The van der Waals surface area contributed by atoms with Crippen molar-refractivity contribution in [3.05, 3.63) is 72.8 Å². The number of benzene rings is 1. The quantitative estimate of drug-likeness (QED) is 0.571. The number of pyridine rings is 1. The van der Waals surface area contributed by atoms with Crippen LogP contribution in [0.2, 0.25) is 5.02 Å². The molecule has 0 bridgehead atoms. The zero-order valence-electron chi connectivity index (χ0n) is 16.9. The molecule has 31 heavy (non-hydrogen) atoms. The Labute approximate surface area is 185 Å². The molecule has 3 aromatic rings. The molecule has 1 N–H and O–H groups in total. The Morgan fingerprint density at radius 3 is 2.61 bits per heavy atom. The highest BCUT2D eigenvalue weighted by Crippen LogP contribution is 2.25. The molecule has 4 rings (SSSR count). The molecular formula is C23H22ClN5O2.